The highest BCUT2D eigenvalue weighted by Gasteiger charge is 2.17. The molecule has 1 aliphatic carbocycles. The van der Waals surface area contributed by atoms with E-state index in [2.05, 4.69) is 36.7 Å². The van der Waals surface area contributed by atoms with Gasteiger partial charge >= 0.3 is 0 Å². The molecule has 0 saturated heterocycles. The first kappa shape index (κ1) is 14.1. The fraction of sp³-hybridized carbons (Fsp3) is 0.750. The van der Waals surface area contributed by atoms with Crippen molar-refractivity contribution in [2.45, 2.75) is 58.4 Å². The smallest absolute Gasteiger partial charge is 0.0438 e. The quantitative estimate of drug-likeness (QED) is 0.762. The standard InChI is InChI=1S/C16H27NS/c1-13(2)16(15-9-6-12-18-15)17-11-10-14-7-4-3-5-8-14/h6,9,12-14,16-17H,3-5,7-8,10-11H2,1-2H3. The van der Waals surface area contributed by atoms with E-state index in [0.29, 0.717) is 12.0 Å². The highest BCUT2D eigenvalue weighted by Crippen LogP contribution is 2.28. The molecule has 102 valence electrons. The summed E-state index contributed by atoms with van der Waals surface area (Å²) >= 11 is 1.88. The van der Waals surface area contributed by atoms with Crippen LogP contribution in [0.1, 0.15) is 63.3 Å². The van der Waals surface area contributed by atoms with Crippen molar-refractivity contribution < 1.29 is 0 Å². The summed E-state index contributed by atoms with van der Waals surface area (Å²) in [6, 6.07) is 4.98. The van der Waals surface area contributed by atoms with Crippen LogP contribution in [0, 0.1) is 11.8 Å². The highest BCUT2D eigenvalue weighted by atomic mass is 32.1. The third kappa shape index (κ3) is 4.10. The lowest BCUT2D eigenvalue weighted by Gasteiger charge is -2.25. The summed E-state index contributed by atoms with van der Waals surface area (Å²) in [5, 5.41) is 5.97. The van der Waals surface area contributed by atoms with Gasteiger partial charge in [0, 0.05) is 10.9 Å². The summed E-state index contributed by atoms with van der Waals surface area (Å²) in [6.45, 7) is 5.82. The first-order valence-corrected chi connectivity index (χ1v) is 8.42. The van der Waals surface area contributed by atoms with Crippen molar-refractivity contribution >= 4 is 11.3 Å². The highest BCUT2D eigenvalue weighted by molar-refractivity contribution is 7.10. The van der Waals surface area contributed by atoms with Gasteiger partial charge in [-0.2, -0.15) is 0 Å². The molecule has 0 bridgehead atoms. The zero-order valence-electron chi connectivity index (χ0n) is 11.8. The molecule has 0 spiro atoms. The molecule has 1 saturated carbocycles. The third-order valence-electron chi connectivity index (χ3n) is 4.16. The Labute approximate surface area is 116 Å². The van der Waals surface area contributed by atoms with Crippen LogP contribution >= 0.6 is 11.3 Å². The fourth-order valence-corrected chi connectivity index (χ4v) is 4.03. The van der Waals surface area contributed by atoms with Crippen LogP contribution in [-0.2, 0) is 0 Å². The zero-order chi connectivity index (χ0) is 12.8. The molecule has 18 heavy (non-hydrogen) atoms. The van der Waals surface area contributed by atoms with Crippen LogP contribution in [0.4, 0.5) is 0 Å². The summed E-state index contributed by atoms with van der Waals surface area (Å²) in [4.78, 5) is 1.49. The second-order valence-electron chi connectivity index (χ2n) is 5.98. The number of thiophene rings is 1. The average Bonchev–Trinajstić information content (AvgIpc) is 2.89. The first-order valence-electron chi connectivity index (χ1n) is 7.54. The minimum Gasteiger partial charge on any atom is -0.309 e. The minimum atomic E-state index is 0.550. The van der Waals surface area contributed by atoms with Gasteiger partial charge in [-0.15, -0.1) is 11.3 Å². The van der Waals surface area contributed by atoms with Gasteiger partial charge in [-0.25, -0.2) is 0 Å². The van der Waals surface area contributed by atoms with Gasteiger partial charge in [-0.1, -0.05) is 52.0 Å². The molecule has 0 aliphatic heterocycles. The van der Waals surface area contributed by atoms with E-state index in [4.69, 9.17) is 0 Å². The van der Waals surface area contributed by atoms with Crippen molar-refractivity contribution in [1.29, 1.82) is 0 Å². The van der Waals surface area contributed by atoms with Crippen LogP contribution in [0.3, 0.4) is 0 Å². The predicted octanol–water partition coefficient (Wildman–Crippen LogP) is 5.01. The number of hydrogen-bond acceptors (Lipinski definition) is 2. The topological polar surface area (TPSA) is 12.0 Å². The number of rotatable bonds is 6. The lowest BCUT2D eigenvalue weighted by Crippen LogP contribution is -2.27. The molecular formula is C16H27NS. The molecule has 1 heterocycles. The number of hydrogen-bond donors (Lipinski definition) is 1. The maximum absolute atomic E-state index is 3.78. The van der Waals surface area contributed by atoms with E-state index < -0.39 is 0 Å². The monoisotopic (exact) mass is 265 g/mol. The van der Waals surface area contributed by atoms with Gasteiger partial charge in [0.15, 0.2) is 0 Å². The van der Waals surface area contributed by atoms with E-state index in [0.717, 1.165) is 5.92 Å². The molecule has 0 aromatic carbocycles. The van der Waals surface area contributed by atoms with E-state index in [1.807, 2.05) is 11.3 Å². The molecule has 1 fully saturated rings. The normalized spacial score (nSPS) is 19.3. The third-order valence-corrected chi connectivity index (χ3v) is 5.11. The van der Waals surface area contributed by atoms with Gasteiger partial charge in [0.25, 0.3) is 0 Å². The summed E-state index contributed by atoms with van der Waals surface area (Å²) in [7, 11) is 0. The van der Waals surface area contributed by atoms with Gasteiger partial charge in [0.2, 0.25) is 0 Å². The molecule has 1 nitrogen and oxygen atoms in total. The molecule has 1 atom stereocenters. The van der Waals surface area contributed by atoms with Crippen LogP contribution in [0.2, 0.25) is 0 Å². The summed E-state index contributed by atoms with van der Waals surface area (Å²) < 4.78 is 0. The Kier molecular flexibility index (Phi) is 5.71. The van der Waals surface area contributed by atoms with Crippen LogP contribution < -0.4 is 5.32 Å². The molecule has 1 aromatic rings. The molecule has 1 unspecified atom stereocenters. The maximum atomic E-state index is 3.78. The van der Waals surface area contributed by atoms with E-state index >= 15 is 0 Å². The molecule has 2 rings (SSSR count). The maximum Gasteiger partial charge on any atom is 0.0438 e. The summed E-state index contributed by atoms with van der Waals surface area (Å²) in [5.74, 6) is 1.66. The zero-order valence-corrected chi connectivity index (χ0v) is 12.6. The molecule has 0 radical (unpaired) electrons. The molecule has 2 heteroatoms. The van der Waals surface area contributed by atoms with Crippen LogP contribution in [0.15, 0.2) is 17.5 Å². The van der Waals surface area contributed by atoms with Gasteiger partial charge in [-0.3, -0.25) is 0 Å². The molecule has 0 amide bonds. The Morgan fingerprint density at radius 3 is 2.67 bits per heavy atom. The van der Waals surface area contributed by atoms with E-state index in [1.165, 1.54) is 49.9 Å². The molecular weight excluding hydrogens is 238 g/mol. The minimum absolute atomic E-state index is 0.550. The molecule has 1 N–H and O–H groups in total. The van der Waals surface area contributed by atoms with E-state index in [-0.39, 0.29) is 0 Å². The van der Waals surface area contributed by atoms with Crippen LogP contribution in [-0.4, -0.2) is 6.54 Å². The van der Waals surface area contributed by atoms with Crippen LogP contribution in [0.5, 0.6) is 0 Å². The summed E-state index contributed by atoms with van der Waals surface area (Å²) in [6.07, 6.45) is 8.69. The van der Waals surface area contributed by atoms with E-state index in [1.54, 1.807) is 0 Å². The van der Waals surface area contributed by atoms with Crippen molar-refractivity contribution in [3.63, 3.8) is 0 Å². The second kappa shape index (κ2) is 7.30. The summed E-state index contributed by atoms with van der Waals surface area (Å²) in [5.41, 5.74) is 0. The SMILES string of the molecule is CC(C)C(NCCC1CCCCC1)c1cccs1. The van der Waals surface area contributed by atoms with Crippen molar-refractivity contribution in [2.75, 3.05) is 6.54 Å². The Hall–Kier alpha value is -0.340. The van der Waals surface area contributed by atoms with Gasteiger partial charge in [-0.05, 0) is 36.2 Å². The van der Waals surface area contributed by atoms with Crippen molar-refractivity contribution in [3.05, 3.63) is 22.4 Å². The second-order valence-corrected chi connectivity index (χ2v) is 6.96. The van der Waals surface area contributed by atoms with Gasteiger partial charge < -0.3 is 5.32 Å². The number of nitrogens with one attached hydrogen (secondary N) is 1. The lowest BCUT2D eigenvalue weighted by molar-refractivity contribution is 0.318. The van der Waals surface area contributed by atoms with Crippen molar-refractivity contribution in [1.82, 2.24) is 5.32 Å². The van der Waals surface area contributed by atoms with Crippen molar-refractivity contribution in [3.8, 4) is 0 Å². The Balaban J connectivity index is 1.76. The average molecular weight is 265 g/mol. The molecule has 1 aromatic heterocycles. The van der Waals surface area contributed by atoms with Crippen molar-refractivity contribution in [2.24, 2.45) is 11.8 Å². The molecule has 1 aliphatic rings. The largest absolute Gasteiger partial charge is 0.309 e. The van der Waals surface area contributed by atoms with Gasteiger partial charge in [0.1, 0.15) is 0 Å². The first-order chi connectivity index (χ1) is 8.77. The fourth-order valence-electron chi connectivity index (χ4n) is 3.05. The van der Waals surface area contributed by atoms with E-state index in [9.17, 15) is 0 Å². The van der Waals surface area contributed by atoms with Gasteiger partial charge in [0.05, 0.1) is 0 Å². The Bertz CT molecular complexity index is 312. The van der Waals surface area contributed by atoms with Crippen LogP contribution in [0.25, 0.3) is 0 Å². The Morgan fingerprint density at radius 1 is 1.28 bits per heavy atom. The predicted molar refractivity (Wildman–Crippen MR) is 81.1 cm³/mol. The lowest BCUT2D eigenvalue weighted by atomic mass is 9.87. The Morgan fingerprint density at radius 2 is 2.06 bits per heavy atom.